The fourth-order valence-electron chi connectivity index (χ4n) is 2.65. The number of hydrogen-bond donors (Lipinski definition) is 1. The Kier molecular flexibility index (Phi) is 5.56. The number of halogens is 2. The molecule has 0 spiro atoms. The van der Waals surface area contributed by atoms with Crippen LogP contribution in [-0.4, -0.2) is 32.3 Å². The Labute approximate surface area is 171 Å². The Bertz CT molecular complexity index is 1120. The van der Waals surface area contributed by atoms with Crippen LogP contribution in [0.15, 0.2) is 62.5 Å². The van der Waals surface area contributed by atoms with E-state index in [4.69, 9.17) is 9.52 Å². The lowest BCUT2D eigenvalue weighted by Gasteiger charge is -2.09. The Balaban J connectivity index is 1.73. The van der Waals surface area contributed by atoms with Gasteiger partial charge in [-0.1, -0.05) is 6.07 Å². The van der Waals surface area contributed by atoms with E-state index in [9.17, 15) is 13.6 Å². The molecule has 29 heavy (non-hydrogen) atoms. The standard InChI is InChI=1S/C19H13F2N3O3S2/c20-13-7-11(15(26)10-25)8-14(21)17(13)29-19-23-22-18(16-4-2-6-28-16)24(19)9-12-3-1-5-27-12/h1-8,25H,9-10H2. The van der Waals surface area contributed by atoms with Gasteiger partial charge < -0.3 is 9.52 Å². The van der Waals surface area contributed by atoms with E-state index in [2.05, 4.69) is 10.2 Å². The van der Waals surface area contributed by atoms with E-state index in [1.165, 1.54) is 17.6 Å². The second-order valence-electron chi connectivity index (χ2n) is 5.90. The van der Waals surface area contributed by atoms with Gasteiger partial charge in [-0.15, -0.1) is 21.5 Å². The molecule has 0 aliphatic heterocycles. The van der Waals surface area contributed by atoms with E-state index in [-0.39, 0.29) is 22.2 Å². The molecule has 0 saturated carbocycles. The van der Waals surface area contributed by atoms with Gasteiger partial charge in [0, 0.05) is 5.56 Å². The van der Waals surface area contributed by atoms with Crippen molar-refractivity contribution >= 4 is 28.9 Å². The molecule has 4 aromatic rings. The monoisotopic (exact) mass is 433 g/mol. The quantitative estimate of drug-likeness (QED) is 0.439. The van der Waals surface area contributed by atoms with E-state index < -0.39 is 24.0 Å². The number of furan rings is 1. The van der Waals surface area contributed by atoms with Crippen molar-refractivity contribution < 1.29 is 23.1 Å². The number of aliphatic hydroxyl groups excluding tert-OH is 1. The van der Waals surface area contributed by atoms with Crippen LogP contribution in [-0.2, 0) is 6.54 Å². The number of hydrogen-bond acceptors (Lipinski definition) is 7. The van der Waals surface area contributed by atoms with Crippen LogP contribution in [0.25, 0.3) is 10.7 Å². The van der Waals surface area contributed by atoms with Gasteiger partial charge in [0.1, 0.15) is 24.0 Å². The first kappa shape index (κ1) is 19.5. The van der Waals surface area contributed by atoms with Gasteiger partial charge in [0.2, 0.25) is 0 Å². The van der Waals surface area contributed by atoms with Gasteiger partial charge in [-0.25, -0.2) is 8.78 Å². The van der Waals surface area contributed by atoms with Crippen molar-refractivity contribution in [2.45, 2.75) is 16.6 Å². The molecule has 4 rings (SSSR count). The van der Waals surface area contributed by atoms with Gasteiger partial charge in [0.15, 0.2) is 16.8 Å². The van der Waals surface area contributed by atoms with E-state index in [0.29, 0.717) is 11.6 Å². The number of nitrogens with zero attached hydrogens (tertiary/aromatic N) is 3. The van der Waals surface area contributed by atoms with Crippen LogP contribution in [0.1, 0.15) is 16.1 Å². The fraction of sp³-hybridized carbons (Fsp3) is 0.105. The first-order valence-electron chi connectivity index (χ1n) is 8.37. The molecule has 148 valence electrons. The van der Waals surface area contributed by atoms with Gasteiger partial charge in [-0.3, -0.25) is 9.36 Å². The molecule has 1 aromatic carbocycles. The van der Waals surface area contributed by atoms with Crippen molar-refractivity contribution in [3.05, 3.63) is 71.0 Å². The molecular formula is C19H13F2N3O3S2. The highest BCUT2D eigenvalue weighted by Crippen LogP contribution is 2.35. The zero-order valence-electron chi connectivity index (χ0n) is 14.7. The fourth-order valence-corrected chi connectivity index (χ4v) is 4.21. The van der Waals surface area contributed by atoms with Gasteiger partial charge >= 0.3 is 0 Å². The molecule has 0 aliphatic carbocycles. The molecule has 3 aromatic heterocycles. The Hall–Kier alpha value is -2.82. The van der Waals surface area contributed by atoms with Crippen LogP contribution >= 0.6 is 23.1 Å². The SMILES string of the molecule is O=C(CO)c1cc(F)c(Sc2nnc(-c3cccs3)n2Cc2ccco2)c(F)c1. The smallest absolute Gasteiger partial charge is 0.196 e. The van der Waals surface area contributed by atoms with E-state index in [1.54, 1.807) is 16.7 Å². The van der Waals surface area contributed by atoms with Crippen molar-refractivity contribution in [3.8, 4) is 10.7 Å². The summed E-state index contributed by atoms with van der Waals surface area (Å²) in [5.74, 6) is -1.42. The highest BCUT2D eigenvalue weighted by atomic mass is 32.2. The summed E-state index contributed by atoms with van der Waals surface area (Å²) in [4.78, 5) is 12.1. The Morgan fingerprint density at radius 1 is 1.21 bits per heavy atom. The normalized spacial score (nSPS) is 11.1. The average Bonchev–Trinajstić information content (AvgIpc) is 3.47. The molecule has 0 fully saturated rings. The third kappa shape index (κ3) is 4.00. The maximum absolute atomic E-state index is 14.5. The summed E-state index contributed by atoms with van der Waals surface area (Å²) in [5.41, 5.74) is -0.233. The molecule has 6 nitrogen and oxygen atoms in total. The third-order valence-electron chi connectivity index (χ3n) is 4.01. The van der Waals surface area contributed by atoms with Gasteiger partial charge in [0.25, 0.3) is 0 Å². The molecule has 0 amide bonds. The highest BCUT2D eigenvalue weighted by Gasteiger charge is 2.22. The summed E-state index contributed by atoms with van der Waals surface area (Å²) in [5, 5.41) is 19.3. The summed E-state index contributed by atoms with van der Waals surface area (Å²) in [6, 6.07) is 9.07. The number of Topliss-reactive ketones (excluding diaryl/α,β-unsaturated/α-hetero) is 1. The summed E-state index contributed by atoms with van der Waals surface area (Å²) in [7, 11) is 0. The number of aromatic nitrogens is 3. The Morgan fingerprint density at radius 3 is 2.62 bits per heavy atom. The third-order valence-corrected chi connectivity index (χ3v) is 5.95. The molecule has 0 atom stereocenters. The molecule has 0 radical (unpaired) electrons. The number of carbonyl (C=O) groups is 1. The Morgan fingerprint density at radius 2 is 2.00 bits per heavy atom. The lowest BCUT2D eigenvalue weighted by molar-refractivity contribution is 0.0902. The molecule has 10 heteroatoms. The van der Waals surface area contributed by atoms with Crippen molar-refractivity contribution in [2.75, 3.05) is 6.61 Å². The maximum Gasteiger partial charge on any atom is 0.196 e. The van der Waals surface area contributed by atoms with Crippen LogP contribution in [0.2, 0.25) is 0 Å². The molecule has 0 bridgehead atoms. The average molecular weight is 433 g/mol. The van der Waals surface area contributed by atoms with Crippen LogP contribution in [0.4, 0.5) is 8.78 Å². The first-order chi connectivity index (χ1) is 14.1. The highest BCUT2D eigenvalue weighted by molar-refractivity contribution is 7.99. The molecule has 0 unspecified atom stereocenters. The van der Waals surface area contributed by atoms with Crippen molar-refractivity contribution in [1.82, 2.24) is 14.8 Å². The molecular weight excluding hydrogens is 420 g/mol. The molecule has 0 saturated heterocycles. The van der Waals surface area contributed by atoms with Crippen LogP contribution in [0, 0.1) is 11.6 Å². The minimum atomic E-state index is -0.919. The van der Waals surface area contributed by atoms with Gasteiger partial charge in [0.05, 0.1) is 22.6 Å². The van der Waals surface area contributed by atoms with Crippen molar-refractivity contribution in [2.24, 2.45) is 0 Å². The predicted molar refractivity (Wildman–Crippen MR) is 103 cm³/mol. The van der Waals surface area contributed by atoms with Crippen LogP contribution in [0.5, 0.6) is 0 Å². The lowest BCUT2D eigenvalue weighted by Crippen LogP contribution is -2.07. The number of carbonyl (C=O) groups excluding carboxylic acids is 1. The molecule has 0 aliphatic rings. The summed E-state index contributed by atoms with van der Waals surface area (Å²) in [6.45, 7) is -0.549. The number of ketones is 1. The van der Waals surface area contributed by atoms with Crippen LogP contribution in [0.3, 0.4) is 0 Å². The minimum absolute atomic E-state index is 0.233. The second-order valence-corrected chi connectivity index (χ2v) is 7.83. The summed E-state index contributed by atoms with van der Waals surface area (Å²) >= 11 is 2.23. The molecule has 3 heterocycles. The second kappa shape index (κ2) is 8.27. The predicted octanol–water partition coefficient (Wildman–Crippen LogP) is 4.25. The molecule has 1 N–H and O–H groups in total. The first-order valence-corrected chi connectivity index (χ1v) is 10.1. The van der Waals surface area contributed by atoms with Crippen molar-refractivity contribution in [3.63, 3.8) is 0 Å². The number of benzene rings is 1. The topological polar surface area (TPSA) is 81.1 Å². The van der Waals surface area contributed by atoms with E-state index >= 15 is 0 Å². The summed E-state index contributed by atoms with van der Waals surface area (Å²) < 4.78 is 36.1. The number of rotatable bonds is 7. The zero-order chi connectivity index (χ0) is 20.4. The minimum Gasteiger partial charge on any atom is -0.467 e. The van der Waals surface area contributed by atoms with Gasteiger partial charge in [-0.2, -0.15) is 0 Å². The van der Waals surface area contributed by atoms with Crippen LogP contribution < -0.4 is 0 Å². The van der Waals surface area contributed by atoms with Crippen molar-refractivity contribution in [1.29, 1.82) is 0 Å². The van der Waals surface area contributed by atoms with E-state index in [0.717, 1.165) is 28.8 Å². The lowest BCUT2D eigenvalue weighted by atomic mass is 10.1. The van der Waals surface area contributed by atoms with Gasteiger partial charge in [-0.05, 0) is 47.5 Å². The summed E-state index contributed by atoms with van der Waals surface area (Å²) in [6.07, 6.45) is 1.54. The zero-order valence-corrected chi connectivity index (χ0v) is 16.3. The number of aliphatic hydroxyl groups is 1. The number of thiophene rings is 1. The van der Waals surface area contributed by atoms with E-state index in [1.807, 2.05) is 17.5 Å². The largest absolute Gasteiger partial charge is 0.467 e. The maximum atomic E-state index is 14.5.